The highest BCUT2D eigenvalue weighted by atomic mass is 32.2. The molecule has 0 unspecified atom stereocenters. The first-order chi connectivity index (χ1) is 9.63. The molecule has 108 valence electrons. The number of nitrogens with two attached hydrogens (primary N) is 1. The summed E-state index contributed by atoms with van der Waals surface area (Å²) in [4.78, 5) is 0. The second kappa shape index (κ2) is 6.72. The summed E-state index contributed by atoms with van der Waals surface area (Å²) in [7, 11) is -3.58. The van der Waals surface area contributed by atoms with E-state index < -0.39 is 10.2 Å². The van der Waals surface area contributed by atoms with Gasteiger partial charge in [-0.1, -0.05) is 24.0 Å². The Balaban J connectivity index is 2.20. The number of rotatable bonds is 3. The van der Waals surface area contributed by atoms with Crippen LogP contribution >= 0.6 is 0 Å². The minimum Gasteiger partial charge on any atom is -0.379 e. The van der Waals surface area contributed by atoms with Gasteiger partial charge in [0.1, 0.15) is 0 Å². The predicted octanol–water partition coefficient (Wildman–Crippen LogP) is -0.0143. The molecular weight excluding hydrogens is 278 g/mol. The van der Waals surface area contributed by atoms with Crippen molar-refractivity contribution in [2.45, 2.75) is 0 Å². The molecule has 1 saturated heterocycles. The van der Waals surface area contributed by atoms with E-state index in [0.29, 0.717) is 37.6 Å². The minimum absolute atomic E-state index is 0.227. The Labute approximate surface area is 119 Å². The molecule has 1 aliphatic rings. The molecule has 0 aliphatic carbocycles. The Kier molecular flexibility index (Phi) is 4.98. The summed E-state index contributed by atoms with van der Waals surface area (Å²) in [5, 5.41) is 0. The van der Waals surface area contributed by atoms with Gasteiger partial charge in [0.15, 0.2) is 0 Å². The maximum atomic E-state index is 12.3. The Morgan fingerprint density at radius 2 is 2.00 bits per heavy atom. The zero-order chi connectivity index (χ0) is 14.4. The summed E-state index contributed by atoms with van der Waals surface area (Å²) in [6.45, 7) is 1.76. The topological polar surface area (TPSA) is 84.7 Å². The monoisotopic (exact) mass is 295 g/mol. The van der Waals surface area contributed by atoms with Crippen molar-refractivity contribution < 1.29 is 13.2 Å². The van der Waals surface area contributed by atoms with Crippen molar-refractivity contribution in [1.29, 1.82) is 0 Å². The van der Waals surface area contributed by atoms with Gasteiger partial charge in [0.05, 0.1) is 25.4 Å². The molecule has 0 spiro atoms. The van der Waals surface area contributed by atoms with E-state index in [9.17, 15) is 8.42 Å². The van der Waals surface area contributed by atoms with E-state index in [1.165, 1.54) is 4.31 Å². The number of para-hydroxylation sites is 1. The highest BCUT2D eigenvalue weighted by molar-refractivity contribution is 7.90. The van der Waals surface area contributed by atoms with Crippen molar-refractivity contribution in [1.82, 2.24) is 4.31 Å². The van der Waals surface area contributed by atoms with Gasteiger partial charge < -0.3 is 10.5 Å². The van der Waals surface area contributed by atoms with Crippen LogP contribution in [0.15, 0.2) is 24.3 Å². The van der Waals surface area contributed by atoms with Gasteiger partial charge in [0, 0.05) is 18.7 Å². The molecule has 7 heteroatoms. The van der Waals surface area contributed by atoms with E-state index in [1.807, 2.05) is 0 Å². The van der Waals surface area contributed by atoms with Crippen molar-refractivity contribution in [2.24, 2.45) is 5.73 Å². The number of ether oxygens (including phenoxy) is 1. The van der Waals surface area contributed by atoms with Crippen molar-refractivity contribution in [3.05, 3.63) is 29.8 Å². The van der Waals surface area contributed by atoms with Crippen molar-refractivity contribution >= 4 is 15.9 Å². The first-order valence-corrected chi connectivity index (χ1v) is 7.71. The molecule has 0 radical (unpaired) electrons. The molecule has 20 heavy (non-hydrogen) atoms. The van der Waals surface area contributed by atoms with Gasteiger partial charge in [-0.25, -0.2) is 0 Å². The molecule has 1 aromatic rings. The molecule has 0 amide bonds. The lowest BCUT2D eigenvalue weighted by atomic mass is 10.2. The smallest absolute Gasteiger partial charge is 0.301 e. The van der Waals surface area contributed by atoms with Crippen LogP contribution in [0.1, 0.15) is 5.56 Å². The third-order valence-electron chi connectivity index (χ3n) is 2.80. The molecule has 1 fully saturated rings. The average Bonchev–Trinajstić information content (AvgIpc) is 2.47. The van der Waals surface area contributed by atoms with Gasteiger partial charge in [0.25, 0.3) is 0 Å². The van der Waals surface area contributed by atoms with Crippen molar-refractivity contribution in [3.63, 3.8) is 0 Å². The van der Waals surface area contributed by atoms with Crippen LogP contribution < -0.4 is 10.5 Å². The van der Waals surface area contributed by atoms with Crippen molar-refractivity contribution in [3.8, 4) is 11.8 Å². The molecule has 0 bridgehead atoms. The van der Waals surface area contributed by atoms with Crippen LogP contribution in [0.5, 0.6) is 0 Å². The molecule has 3 N–H and O–H groups in total. The molecule has 2 rings (SSSR count). The van der Waals surface area contributed by atoms with Gasteiger partial charge in [-0.3, -0.25) is 4.72 Å². The molecule has 0 aromatic heterocycles. The first-order valence-electron chi connectivity index (χ1n) is 6.27. The van der Waals surface area contributed by atoms with Crippen LogP contribution in [-0.4, -0.2) is 45.6 Å². The highest BCUT2D eigenvalue weighted by Gasteiger charge is 2.24. The lowest BCUT2D eigenvalue weighted by Gasteiger charge is -2.26. The standard InChI is InChI=1S/C13H17N3O3S/c14-7-3-5-12-4-1-2-6-13(12)15-20(17,18)16-8-10-19-11-9-16/h1-2,4,6,15H,7-11,14H2. The second-order valence-electron chi connectivity index (χ2n) is 4.17. The lowest BCUT2D eigenvalue weighted by molar-refractivity contribution is 0.0733. The quantitative estimate of drug-likeness (QED) is 0.768. The fourth-order valence-electron chi connectivity index (χ4n) is 1.82. The normalized spacial score (nSPS) is 16.2. The molecule has 1 aliphatic heterocycles. The molecular formula is C13H17N3O3S. The van der Waals surface area contributed by atoms with E-state index in [0.717, 1.165) is 0 Å². The summed E-state index contributed by atoms with van der Waals surface area (Å²) in [6.07, 6.45) is 0. The van der Waals surface area contributed by atoms with Gasteiger partial charge in [-0.05, 0) is 12.1 Å². The Morgan fingerprint density at radius 1 is 1.30 bits per heavy atom. The second-order valence-corrected chi connectivity index (χ2v) is 5.84. The third kappa shape index (κ3) is 3.71. The van der Waals surface area contributed by atoms with Gasteiger partial charge in [0.2, 0.25) is 0 Å². The maximum absolute atomic E-state index is 12.3. The van der Waals surface area contributed by atoms with E-state index in [4.69, 9.17) is 10.5 Å². The number of nitrogens with one attached hydrogen (secondary N) is 1. The Hall–Kier alpha value is -1.59. The summed E-state index contributed by atoms with van der Waals surface area (Å²) in [5.74, 6) is 5.57. The van der Waals surface area contributed by atoms with E-state index >= 15 is 0 Å². The summed E-state index contributed by atoms with van der Waals surface area (Å²) in [6, 6.07) is 6.98. The van der Waals surface area contributed by atoms with Gasteiger partial charge in [-0.2, -0.15) is 12.7 Å². The van der Waals surface area contributed by atoms with E-state index in [-0.39, 0.29) is 6.54 Å². The van der Waals surface area contributed by atoms with Gasteiger partial charge in [-0.15, -0.1) is 0 Å². The average molecular weight is 295 g/mol. The van der Waals surface area contributed by atoms with Crippen LogP contribution in [0.2, 0.25) is 0 Å². The van der Waals surface area contributed by atoms with Gasteiger partial charge >= 0.3 is 10.2 Å². The molecule has 6 nitrogen and oxygen atoms in total. The number of benzene rings is 1. The lowest BCUT2D eigenvalue weighted by Crippen LogP contribution is -2.43. The number of hydrogen-bond acceptors (Lipinski definition) is 4. The molecule has 0 atom stereocenters. The Bertz CT molecular complexity index is 613. The SMILES string of the molecule is NCC#Cc1ccccc1NS(=O)(=O)N1CCOCC1. The number of hydrogen-bond donors (Lipinski definition) is 2. The molecule has 0 saturated carbocycles. The summed E-state index contributed by atoms with van der Waals surface area (Å²) < 4.78 is 33.6. The molecule has 1 heterocycles. The minimum atomic E-state index is -3.58. The highest BCUT2D eigenvalue weighted by Crippen LogP contribution is 2.17. The largest absolute Gasteiger partial charge is 0.379 e. The predicted molar refractivity (Wildman–Crippen MR) is 77.3 cm³/mol. The van der Waals surface area contributed by atoms with Crippen LogP contribution in [0.25, 0.3) is 0 Å². The van der Waals surface area contributed by atoms with E-state index in [1.54, 1.807) is 24.3 Å². The number of nitrogens with zero attached hydrogens (tertiary/aromatic N) is 1. The third-order valence-corrected chi connectivity index (χ3v) is 4.32. The summed E-state index contributed by atoms with van der Waals surface area (Å²) in [5.41, 5.74) is 6.40. The van der Waals surface area contributed by atoms with E-state index in [2.05, 4.69) is 16.6 Å². The summed E-state index contributed by atoms with van der Waals surface area (Å²) >= 11 is 0. The Morgan fingerprint density at radius 3 is 2.70 bits per heavy atom. The number of anilines is 1. The van der Waals surface area contributed by atoms with Crippen LogP contribution in [0.3, 0.4) is 0 Å². The van der Waals surface area contributed by atoms with Crippen LogP contribution in [0.4, 0.5) is 5.69 Å². The van der Waals surface area contributed by atoms with Crippen LogP contribution in [-0.2, 0) is 14.9 Å². The fraction of sp³-hybridized carbons (Fsp3) is 0.385. The first kappa shape index (κ1) is 14.8. The zero-order valence-electron chi connectivity index (χ0n) is 11.0. The fourth-order valence-corrected chi connectivity index (χ4v) is 3.03. The molecule has 1 aromatic carbocycles. The number of morpholine rings is 1. The maximum Gasteiger partial charge on any atom is 0.301 e. The van der Waals surface area contributed by atoms with Crippen molar-refractivity contribution in [2.75, 3.05) is 37.6 Å². The zero-order valence-corrected chi connectivity index (χ0v) is 11.8. The van der Waals surface area contributed by atoms with Crippen LogP contribution in [0, 0.1) is 11.8 Å².